The van der Waals surface area contributed by atoms with Gasteiger partial charge >= 0.3 is 0 Å². The van der Waals surface area contributed by atoms with E-state index in [4.69, 9.17) is 4.99 Å². The molecule has 3 aliphatic heterocycles. The monoisotopic (exact) mass is 554 g/mol. The molecule has 0 aromatic heterocycles. The van der Waals surface area contributed by atoms with Crippen molar-refractivity contribution in [3.8, 4) is 0 Å². The van der Waals surface area contributed by atoms with Crippen molar-refractivity contribution in [1.82, 2.24) is 10.6 Å². The topological polar surface area (TPSA) is 63.7 Å². The molecule has 4 unspecified atom stereocenters. The van der Waals surface area contributed by atoms with Gasteiger partial charge in [0.1, 0.15) is 6.17 Å². The van der Waals surface area contributed by atoms with Crippen LogP contribution in [0.15, 0.2) is 108 Å². The molecular weight excluding hydrogens is 516 g/mol. The summed E-state index contributed by atoms with van der Waals surface area (Å²) in [5.74, 6) is 0. The summed E-state index contributed by atoms with van der Waals surface area (Å²) in [7, 11) is 2.24. The summed E-state index contributed by atoms with van der Waals surface area (Å²) in [6.45, 7) is 5.83. The second-order valence-corrected chi connectivity index (χ2v) is 11.4. The Bertz CT molecular complexity index is 1600. The van der Waals surface area contributed by atoms with Gasteiger partial charge < -0.3 is 15.5 Å². The van der Waals surface area contributed by atoms with E-state index in [0.717, 1.165) is 30.8 Å². The van der Waals surface area contributed by atoms with Crippen LogP contribution in [0.1, 0.15) is 46.4 Å². The van der Waals surface area contributed by atoms with Gasteiger partial charge in [0, 0.05) is 37.0 Å². The molecule has 7 rings (SSSR count). The van der Waals surface area contributed by atoms with Crippen LogP contribution in [0.5, 0.6) is 0 Å². The smallest absolute Gasteiger partial charge is 0.124 e. The van der Waals surface area contributed by atoms with E-state index in [1.807, 2.05) is 0 Å². The standard InChI is InChI=1S/C36H38N6/c1-37-36(41-35(26-14-7-4-8-15-26)39-23-24-12-5-3-6-13-24)32-29-22-27-20-19-25-16-11-21-38-31(25)33(27)42(2)34(29)28-17-9-10-18-30(28)40-32/h3-10,12-15,17-20,22,32,34-36,38-41H,1,11,16,21,23H2,2H3. The average molecular weight is 555 g/mol. The van der Waals surface area contributed by atoms with Crippen molar-refractivity contribution in [3.05, 3.63) is 130 Å². The number of fused-ring (bicyclic) bond motifs is 6. The van der Waals surface area contributed by atoms with Crippen LogP contribution in [0, 0.1) is 0 Å². The fourth-order valence-corrected chi connectivity index (χ4v) is 6.84. The number of benzene rings is 4. The molecule has 4 N–H and O–H groups in total. The second-order valence-electron chi connectivity index (χ2n) is 11.4. The maximum Gasteiger partial charge on any atom is 0.124 e. The normalized spacial score (nSPS) is 19.9. The molecule has 0 amide bonds. The summed E-state index contributed by atoms with van der Waals surface area (Å²) in [6.07, 6.45) is 4.28. The second kappa shape index (κ2) is 11.5. The first-order chi connectivity index (χ1) is 20.7. The number of likely N-dealkylation sites (N-methyl/N-ethyl adjacent to an activating group) is 1. The fraction of sp³-hybridized carbons (Fsp3) is 0.250. The summed E-state index contributed by atoms with van der Waals surface area (Å²) in [4.78, 5) is 7.18. The lowest BCUT2D eigenvalue weighted by Gasteiger charge is -2.47. The van der Waals surface area contributed by atoms with E-state index in [2.05, 4.69) is 143 Å². The van der Waals surface area contributed by atoms with E-state index in [9.17, 15) is 0 Å². The quantitative estimate of drug-likeness (QED) is 0.148. The summed E-state index contributed by atoms with van der Waals surface area (Å²) in [6, 6.07) is 34.3. The summed E-state index contributed by atoms with van der Waals surface area (Å²) in [5.41, 5.74) is 11.3. The van der Waals surface area contributed by atoms with E-state index in [1.54, 1.807) is 0 Å². The van der Waals surface area contributed by atoms with Crippen LogP contribution in [-0.2, 0) is 13.0 Å². The minimum absolute atomic E-state index is 0.0910. The minimum atomic E-state index is -0.286. The Labute approximate surface area is 248 Å². The molecule has 0 aliphatic carbocycles. The fourth-order valence-electron chi connectivity index (χ4n) is 6.84. The van der Waals surface area contributed by atoms with Crippen LogP contribution >= 0.6 is 0 Å². The SMILES string of the molecule is C=NC(NC(NCc1ccccc1)c1ccccc1)C1Nc2ccccc2C2C1=Cc1ccc3c(c1N2C)NCCC3. The zero-order valence-corrected chi connectivity index (χ0v) is 24.1. The number of anilines is 3. The lowest BCUT2D eigenvalue weighted by atomic mass is 9.80. The van der Waals surface area contributed by atoms with Gasteiger partial charge in [-0.15, -0.1) is 0 Å². The van der Waals surface area contributed by atoms with Crippen LogP contribution in [-0.4, -0.2) is 32.5 Å². The third kappa shape index (κ3) is 4.87. The van der Waals surface area contributed by atoms with Gasteiger partial charge in [-0.1, -0.05) is 91.0 Å². The molecular formula is C36H38N6. The van der Waals surface area contributed by atoms with Crippen LogP contribution in [0.25, 0.3) is 6.08 Å². The Morgan fingerprint density at radius 1 is 0.952 bits per heavy atom. The Balaban J connectivity index is 1.27. The zero-order valence-electron chi connectivity index (χ0n) is 24.1. The Kier molecular flexibility index (Phi) is 7.24. The van der Waals surface area contributed by atoms with Crippen LogP contribution in [0.2, 0.25) is 0 Å². The third-order valence-electron chi connectivity index (χ3n) is 8.86. The molecule has 0 saturated heterocycles. The average Bonchev–Trinajstić information content (AvgIpc) is 3.05. The summed E-state index contributed by atoms with van der Waals surface area (Å²) < 4.78 is 0. The van der Waals surface area contributed by atoms with Crippen molar-refractivity contribution < 1.29 is 0 Å². The highest BCUT2D eigenvalue weighted by atomic mass is 15.2. The largest absolute Gasteiger partial charge is 0.383 e. The molecule has 0 fully saturated rings. The molecule has 0 radical (unpaired) electrons. The zero-order chi connectivity index (χ0) is 28.5. The molecule has 4 aromatic carbocycles. The molecule has 0 spiro atoms. The maximum absolute atomic E-state index is 4.71. The van der Waals surface area contributed by atoms with E-state index >= 15 is 0 Å². The predicted octanol–water partition coefficient (Wildman–Crippen LogP) is 6.52. The molecule has 0 bridgehead atoms. The third-order valence-corrected chi connectivity index (χ3v) is 8.86. The van der Waals surface area contributed by atoms with E-state index in [0.29, 0.717) is 0 Å². The maximum atomic E-state index is 4.71. The molecule has 4 aromatic rings. The van der Waals surface area contributed by atoms with Gasteiger partial charge in [0.15, 0.2) is 0 Å². The van der Waals surface area contributed by atoms with Gasteiger partial charge in [-0.2, -0.15) is 0 Å². The molecule has 6 nitrogen and oxygen atoms in total. The summed E-state index contributed by atoms with van der Waals surface area (Å²) >= 11 is 0. The highest BCUT2D eigenvalue weighted by Gasteiger charge is 2.41. The molecule has 6 heteroatoms. The highest BCUT2D eigenvalue weighted by Crippen LogP contribution is 2.50. The minimum Gasteiger partial charge on any atom is -0.383 e. The van der Waals surface area contributed by atoms with Gasteiger partial charge in [-0.3, -0.25) is 15.6 Å². The Morgan fingerprint density at radius 3 is 2.52 bits per heavy atom. The van der Waals surface area contributed by atoms with E-state index in [-0.39, 0.29) is 24.4 Å². The van der Waals surface area contributed by atoms with Crippen molar-refractivity contribution in [2.45, 2.75) is 43.8 Å². The number of rotatable bonds is 8. The van der Waals surface area contributed by atoms with E-state index in [1.165, 1.54) is 45.6 Å². The molecule has 3 heterocycles. The van der Waals surface area contributed by atoms with Gasteiger partial charge in [0.05, 0.1) is 29.6 Å². The number of hydrogen-bond acceptors (Lipinski definition) is 6. The van der Waals surface area contributed by atoms with Crippen LogP contribution in [0.3, 0.4) is 0 Å². The van der Waals surface area contributed by atoms with Gasteiger partial charge in [-0.05, 0) is 54.0 Å². The first-order valence-electron chi connectivity index (χ1n) is 14.9. The lowest BCUT2D eigenvalue weighted by molar-refractivity contribution is 0.362. The van der Waals surface area contributed by atoms with Crippen molar-refractivity contribution in [2.75, 3.05) is 29.1 Å². The Morgan fingerprint density at radius 2 is 1.71 bits per heavy atom. The van der Waals surface area contributed by atoms with Crippen LogP contribution in [0.4, 0.5) is 17.1 Å². The summed E-state index contributed by atoms with van der Waals surface area (Å²) in [5, 5.41) is 15.2. The number of aliphatic imine (C=N–C) groups is 1. The predicted molar refractivity (Wildman–Crippen MR) is 175 cm³/mol. The lowest BCUT2D eigenvalue weighted by Crippen LogP contribution is -2.52. The number of nitrogens with zero attached hydrogens (tertiary/aromatic N) is 2. The van der Waals surface area contributed by atoms with Crippen molar-refractivity contribution in [1.29, 1.82) is 0 Å². The van der Waals surface area contributed by atoms with Gasteiger partial charge in [0.25, 0.3) is 0 Å². The Hall–Kier alpha value is -4.39. The van der Waals surface area contributed by atoms with Gasteiger partial charge in [-0.25, -0.2) is 0 Å². The van der Waals surface area contributed by atoms with Crippen molar-refractivity contribution in [3.63, 3.8) is 0 Å². The van der Waals surface area contributed by atoms with Crippen molar-refractivity contribution in [2.24, 2.45) is 4.99 Å². The molecule has 42 heavy (non-hydrogen) atoms. The molecule has 4 atom stereocenters. The first kappa shape index (κ1) is 26.5. The molecule has 212 valence electrons. The highest BCUT2D eigenvalue weighted by molar-refractivity contribution is 5.89. The number of para-hydroxylation sites is 1. The molecule has 3 aliphatic rings. The van der Waals surface area contributed by atoms with Crippen LogP contribution < -0.4 is 26.2 Å². The number of hydrogen-bond donors (Lipinski definition) is 4. The number of nitrogens with one attached hydrogen (secondary N) is 4. The van der Waals surface area contributed by atoms with E-state index < -0.39 is 0 Å². The molecule has 0 saturated carbocycles. The van der Waals surface area contributed by atoms with Gasteiger partial charge in [0.2, 0.25) is 0 Å². The van der Waals surface area contributed by atoms with Crippen molar-refractivity contribution >= 4 is 29.9 Å². The first-order valence-corrected chi connectivity index (χ1v) is 14.9. The number of aryl methyl sites for hydroxylation is 1.